The highest BCUT2D eigenvalue weighted by Crippen LogP contribution is 2.26. The van der Waals surface area contributed by atoms with E-state index >= 15 is 0 Å². The molecule has 3 rings (SSSR count). The predicted octanol–water partition coefficient (Wildman–Crippen LogP) is 3.90. The van der Waals surface area contributed by atoms with E-state index in [1.807, 2.05) is 23.1 Å². The van der Waals surface area contributed by atoms with Gasteiger partial charge in [0.05, 0.1) is 6.54 Å². The first-order valence-electron chi connectivity index (χ1n) is 7.94. The molecule has 6 heteroatoms. The molecule has 0 aliphatic carbocycles. The van der Waals surface area contributed by atoms with Crippen molar-refractivity contribution >= 4 is 29.3 Å². The number of nitrogens with zero attached hydrogens (tertiary/aromatic N) is 2. The Morgan fingerprint density at radius 3 is 2.96 bits per heavy atom. The number of pyridine rings is 1. The number of rotatable bonds is 6. The Hall–Kier alpha value is -1.72. The number of benzene rings is 1. The molecule has 0 bridgehead atoms. The van der Waals surface area contributed by atoms with Crippen LogP contribution < -0.4 is 4.74 Å². The van der Waals surface area contributed by atoms with E-state index in [1.165, 1.54) is 4.90 Å². The summed E-state index contributed by atoms with van der Waals surface area (Å²) >= 11 is 7.77. The number of halogens is 1. The summed E-state index contributed by atoms with van der Waals surface area (Å²) in [5, 5.41) is 0.501. The maximum atomic E-state index is 12.3. The second kappa shape index (κ2) is 8.40. The quantitative estimate of drug-likeness (QED) is 0.731. The standard InChI is InChI=1S/C18H19ClN2O2S/c19-16-12-20-9-6-17(16)23-14-7-10-21(13-14)18(22)8-11-24-15-4-2-1-3-5-15/h1-6,9,12,14H,7-8,10-11,13H2/t14-/m0/s1. The number of ether oxygens (including phenoxy) is 1. The zero-order chi connectivity index (χ0) is 16.8. The molecule has 0 N–H and O–H groups in total. The Labute approximate surface area is 151 Å². The fraction of sp³-hybridized carbons (Fsp3) is 0.333. The van der Waals surface area contributed by atoms with Gasteiger partial charge in [-0.2, -0.15) is 0 Å². The molecule has 1 aliphatic heterocycles. The second-order valence-electron chi connectivity index (χ2n) is 5.59. The predicted molar refractivity (Wildman–Crippen MR) is 96.6 cm³/mol. The van der Waals surface area contributed by atoms with Crippen molar-refractivity contribution in [3.05, 3.63) is 53.8 Å². The highest BCUT2D eigenvalue weighted by Gasteiger charge is 2.27. The highest BCUT2D eigenvalue weighted by molar-refractivity contribution is 7.99. The Bertz CT molecular complexity index is 684. The lowest BCUT2D eigenvalue weighted by Crippen LogP contribution is -2.31. The van der Waals surface area contributed by atoms with Gasteiger partial charge in [-0.05, 0) is 12.1 Å². The molecule has 4 nitrogen and oxygen atoms in total. The Balaban J connectivity index is 1.43. The van der Waals surface area contributed by atoms with Crippen molar-refractivity contribution in [2.24, 2.45) is 0 Å². The lowest BCUT2D eigenvalue weighted by Gasteiger charge is -2.17. The summed E-state index contributed by atoms with van der Waals surface area (Å²) in [5.74, 6) is 1.61. The average Bonchev–Trinajstić information content (AvgIpc) is 3.07. The lowest BCUT2D eigenvalue weighted by molar-refractivity contribution is -0.129. The fourth-order valence-electron chi connectivity index (χ4n) is 2.62. The number of amides is 1. The van der Waals surface area contributed by atoms with Crippen molar-refractivity contribution in [3.8, 4) is 5.75 Å². The van der Waals surface area contributed by atoms with Crippen LogP contribution in [0.25, 0.3) is 0 Å². The van der Waals surface area contributed by atoms with Gasteiger partial charge in [-0.15, -0.1) is 11.8 Å². The molecule has 0 unspecified atom stereocenters. The van der Waals surface area contributed by atoms with Crippen LogP contribution in [0.2, 0.25) is 5.02 Å². The Morgan fingerprint density at radius 1 is 1.33 bits per heavy atom. The number of hydrogen-bond acceptors (Lipinski definition) is 4. The molecule has 2 heterocycles. The van der Waals surface area contributed by atoms with Gasteiger partial charge in [0.2, 0.25) is 5.91 Å². The zero-order valence-corrected chi connectivity index (χ0v) is 14.8. The first kappa shape index (κ1) is 17.1. The minimum Gasteiger partial charge on any atom is -0.487 e. The summed E-state index contributed by atoms with van der Waals surface area (Å²) in [6.07, 6.45) is 4.59. The van der Waals surface area contributed by atoms with Crippen LogP contribution in [0.4, 0.5) is 0 Å². The van der Waals surface area contributed by atoms with Crippen molar-refractivity contribution < 1.29 is 9.53 Å². The van der Waals surface area contributed by atoms with Gasteiger partial charge in [0.1, 0.15) is 16.9 Å². The Morgan fingerprint density at radius 2 is 2.17 bits per heavy atom. The third-order valence-electron chi connectivity index (χ3n) is 3.85. The molecular weight excluding hydrogens is 344 g/mol. The van der Waals surface area contributed by atoms with Crippen LogP contribution in [0, 0.1) is 0 Å². The van der Waals surface area contributed by atoms with E-state index in [9.17, 15) is 4.79 Å². The normalized spacial score (nSPS) is 17.0. The van der Waals surface area contributed by atoms with Crippen LogP contribution in [0.1, 0.15) is 12.8 Å². The van der Waals surface area contributed by atoms with Crippen molar-refractivity contribution in [1.82, 2.24) is 9.88 Å². The lowest BCUT2D eigenvalue weighted by atomic mass is 10.3. The van der Waals surface area contributed by atoms with Crippen LogP contribution in [-0.4, -0.2) is 40.7 Å². The van der Waals surface area contributed by atoms with E-state index in [0.29, 0.717) is 23.7 Å². The molecule has 1 atom stereocenters. The first-order chi connectivity index (χ1) is 11.7. The minimum absolute atomic E-state index is 0.00405. The van der Waals surface area contributed by atoms with E-state index in [0.717, 1.165) is 18.7 Å². The molecule has 126 valence electrons. The van der Waals surface area contributed by atoms with Crippen molar-refractivity contribution in [2.75, 3.05) is 18.8 Å². The molecule has 1 amide bonds. The van der Waals surface area contributed by atoms with E-state index in [1.54, 1.807) is 30.2 Å². The van der Waals surface area contributed by atoms with Gasteiger partial charge < -0.3 is 9.64 Å². The fourth-order valence-corrected chi connectivity index (χ4v) is 3.65. The number of aromatic nitrogens is 1. The number of thioether (sulfide) groups is 1. The molecule has 2 aromatic rings. The third kappa shape index (κ3) is 4.65. The van der Waals surface area contributed by atoms with E-state index in [2.05, 4.69) is 17.1 Å². The molecular formula is C18H19ClN2O2S. The largest absolute Gasteiger partial charge is 0.487 e. The van der Waals surface area contributed by atoms with Gasteiger partial charge in [-0.25, -0.2) is 0 Å². The highest BCUT2D eigenvalue weighted by atomic mass is 35.5. The first-order valence-corrected chi connectivity index (χ1v) is 9.30. The smallest absolute Gasteiger partial charge is 0.223 e. The van der Waals surface area contributed by atoms with E-state index in [4.69, 9.17) is 16.3 Å². The summed E-state index contributed by atoms with van der Waals surface area (Å²) in [6.45, 7) is 1.36. The summed E-state index contributed by atoms with van der Waals surface area (Å²) < 4.78 is 5.89. The molecule has 0 radical (unpaired) electrons. The molecule has 1 aromatic carbocycles. The topological polar surface area (TPSA) is 42.4 Å². The van der Waals surface area contributed by atoms with Gasteiger partial charge in [0.15, 0.2) is 0 Å². The SMILES string of the molecule is O=C(CCSc1ccccc1)N1CC[C@H](Oc2ccncc2Cl)C1. The van der Waals surface area contributed by atoms with Gasteiger partial charge in [-0.1, -0.05) is 29.8 Å². The molecule has 0 spiro atoms. The van der Waals surface area contributed by atoms with Crippen LogP contribution in [0.3, 0.4) is 0 Å². The minimum atomic E-state index is -0.00405. The maximum Gasteiger partial charge on any atom is 0.223 e. The average molecular weight is 363 g/mol. The Kier molecular flexibility index (Phi) is 5.99. The van der Waals surface area contributed by atoms with Crippen LogP contribution >= 0.6 is 23.4 Å². The molecule has 1 saturated heterocycles. The molecule has 0 saturated carbocycles. The summed E-state index contributed by atoms with van der Waals surface area (Å²) in [6, 6.07) is 11.9. The van der Waals surface area contributed by atoms with Crippen LogP contribution in [-0.2, 0) is 4.79 Å². The van der Waals surface area contributed by atoms with Crippen LogP contribution in [0.5, 0.6) is 5.75 Å². The van der Waals surface area contributed by atoms with E-state index < -0.39 is 0 Å². The molecule has 1 aromatic heterocycles. The van der Waals surface area contributed by atoms with Gasteiger partial charge in [-0.3, -0.25) is 9.78 Å². The molecule has 24 heavy (non-hydrogen) atoms. The van der Waals surface area contributed by atoms with Crippen molar-refractivity contribution in [3.63, 3.8) is 0 Å². The number of hydrogen-bond donors (Lipinski definition) is 0. The van der Waals surface area contributed by atoms with Gasteiger partial charge in [0, 0.05) is 48.5 Å². The monoisotopic (exact) mass is 362 g/mol. The second-order valence-corrected chi connectivity index (χ2v) is 7.16. The summed E-state index contributed by atoms with van der Waals surface area (Å²) in [5.41, 5.74) is 0. The van der Waals surface area contributed by atoms with Gasteiger partial charge in [0.25, 0.3) is 0 Å². The van der Waals surface area contributed by atoms with E-state index in [-0.39, 0.29) is 12.0 Å². The van der Waals surface area contributed by atoms with Gasteiger partial charge >= 0.3 is 0 Å². The molecule has 1 fully saturated rings. The summed E-state index contributed by atoms with van der Waals surface area (Å²) in [7, 11) is 0. The molecule has 1 aliphatic rings. The third-order valence-corrected chi connectivity index (χ3v) is 5.15. The maximum absolute atomic E-state index is 12.3. The summed E-state index contributed by atoms with van der Waals surface area (Å²) in [4.78, 5) is 19.3. The number of carbonyl (C=O) groups excluding carboxylic acids is 1. The van der Waals surface area contributed by atoms with Crippen molar-refractivity contribution in [2.45, 2.75) is 23.8 Å². The van der Waals surface area contributed by atoms with Crippen molar-refractivity contribution in [1.29, 1.82) is 0 Å². The van der Waals surface area contributed by atoms with Crippen LogP contribution in [0.15, 0.2) is 53.7 Å². The number of carbonyl (C=O) groups is 1. The zero-order valence-electron chi connectivity index (χ0n) is 13.2. The number of likely N-dealkylation sites (tertiary alicyclic amines) is 1.